The fourth-order valence-electron chi connectivity index (χ4n) is 3.23. The number of anilines is 1. The van der Waals surface area contributed by atoms with Crippen molar-refractivity contribution in [2.45, 2.75) is 25.5 Å². The second-order valence-electron chi connectivity index (χ2n) is 5.87. The lowest BCUT2D eigenvalue weighted by Crippen LogP contribution is -2.26. The van der Waals surface area contributed by atoms with Crippen LogP contribution in [0.5, 0.6) is 0 Å². The molecule has 0 aliphatic carbocycles. The number of aliphatic hydroxyl groups is 1. The van der Waals surface area contributed by atoms with Crippen LogP contribution in [0.3, 0.4) is 0 Å². The largest absolute Gasteiger partial charge is 0.391 e. The topological polar surface area (TPSA) is 75.3 Å². The zero-order chi connectivity index (χ0) is 16.8. The molecule has 0 bridgehead atoms. The van der Waals surface area contributed by atoms with Gasteiger partial charge in [0.15, 0.2) is 0 Å². The van der Waals surface area contributed by atoms with Gasteiger partial charge in [-0.1, -0.05) is 5.16 Å². The predicted molar refractivity (Wildman–Crippen MR) is 81.4 cm³/mol. The number of aromatic nitrogens is 3. The van der Waals surface area contributed by atoms with Crippen molar-refractivity contribution >= 4 is 16.9 Å². The lowest BCUT2D eigenvalue weighted by molar-refractivity contribution is 0.194. The average Bonchev–Trinajstić information content (AvgIpc) is 3.13. The number of halogens is 2. The summed E-state index contributed by atoms with van der Waals surface area (Å²) in [6, 6.07) is 2.78. The minimum atomic E-state index is -0.678. The summed E-state index contributed by atoms with van der Waals surface area (Å²) in [6.45, 7) is 2.00. The van der Waals surface area contributed by atoms with Gasteiger partial charge in [0.1, 0.15) is 29.2 Å². The lowest BCUT2D eigenvalue weighted by atomic mass is 10.0. The quantitative estimate of drug-likeness (QED) is 0.777. The Bertz CT molecular complexity index is 914. The van der Waals surface area contributed by atoms with E-state index in [4.69, 9.17) is 4.52 Å². The Labute approximate surface area is 135 Å². The van der Waals surface area contributed by atoms with E-state index in [1.165, 1.54) is 6.33 Å². The number of β-amino-alcohol motifs (C(OH)–C–C–N with tert-alkyl or cyclic N) is 1. The third kappa shape index (κ3) is 2.30. The van der Waals surface area contributed by atoms with Crippen molar-refractivity contribution in [1.82, 2.24) is 15.1 Å². The van der Waals surface area contributed by atoms with E-state index in [9.17, 15) is 13.9 Å². The van der Waals surface area contributed by atoms with Gasteiger partial charge in [-0.25, -0.2) is 13.8 Å². The number of rotatable bonds is 2. The fraction of sp³-hybridized carbons (Fsp3) is 0.312. The van der Waals surface area contributed by atoms with E-state index in [1.807, 2.05) is 0 Å². The number of hydrogen-bond acceptors (Lipinski definition) is 6. The summed E-state index contributed by atoms with van der Waals surface area (Å²) in [5.41, 5.74) is 1.10. The van der Waals surface area contributed by atoms with E-state index >= 15 is 0 Å². The van der Waals surface area contributed by atoms with E-state index in [0.717, 1.165) is 18.2 Å². The maximum atomic E-state index is 14.2. The molecule has 2 aromatic heterocycles. The van der Waals surface area contributed by atoms with Crippen LogP contribution < -0.4 is 4.90 Å². The van der Waals surface area contributed by atoms with Gasteiger partial charge in [-0.2, -0.15) is 4.98 Å². The van der Waals surface area contributed by atoms with Crippen LogP contribution in [0.4, 0.5) is 14.6 Å². The number of hydrogen-bond donors (Lipinski definition) is 1. The van der Waals surface area contributed by atoms with Crippen LogP contribution in [0, 0.1) is 18.6 Å². The molecule has 0 spiro atoms. The SMILES string of the molecule is Cc1noc2ncnc(N3C[C@@H](O)C[C@H]3c3cc(F)ccc3F)c12. The van der Waals surface area contributed by atoms with Gasteiger partial charge in [0.25, 0.3) is 5.71 Å². The smallest absolute Gasteiger partial charge is 0.263 e. The molecule has 1 N–H and O–H groups in total. The van der Waals surface area contributed by atoms with Crippen LogP contribution in [0.2, 0.25) is 0 Å². The lowest BCUT2D eigenvalue weighted by Gasteiger charge is -2.26. The summed E-state index contributed by atoms with van der Waals surface area (Å²) in [5, 5.41) is 14.6. The van der Waals surface area contributed by atoms with E-state index in [-0.39, 0.29) is 18.5 Å². The number of aliphatic hydroxyl groups excluding tert-OH is 1. The zero-order valence-corrected chi connectivity index (χ0v) is 12.8. The highest BCUT2D eigenvalue weighted by Gasteiger charge is 2.36. The summed E-state index contributed by atoms with van der Waals surface area (Å²) in [5.74, 6) is -0.557. The summed E-state index contributed by atoms with van der Waals surface area (Å²) < 4.78 is 33.0. The van der Waals surface area contributed by atoms with Crippen LogP contribution in [0.1, 0.15) is 23.7 Å². The highest BCUT2D eigenvalue weighted by atomic mass is 19.1. The van der Waals surface area contributed by atoms with Gasteiger partial charge in [-0.3, -0.25) is 0 Å². The van der Waals surface area contributed by atoms with Gasteiger partial charge in [-0.05, 0) is 31.5 Å². The van der Waals surface area contributed by atoms with Crippen molar-refractivity contribution < 1.29 is 18.4 Å². The molecule has 1 fully saturated rings. The van der Waals surface area contributed by atoms with E-state index < -0.39 is 23.8 Å². The summed E-state index contributed by atoms with van der Waals surface area (Å²) in [6.07, 6.45) is 0.921. The molecule has 2 atom stereocenters. The zero-order valence-electron chi connectivity index (χ0n) is 12.8. The van der Waals surface area contributed by atoms with Crippen molar-refractivity contribution in [3.8, 4) is 0 Å². The maximum absolute atomic E-state index is 14.2. The number of nitrogens with zero attached hydrogens (tertiary/aromatic N) is 4. The number of fused-ring (bicyclic) bond motifs is 1. The first-order chi connectivity index (χ1) is 11.5. The number of aryl methyl sites for hydroxylation is 1. The molecule has 0 amide bonds. The molecular formula is C16H14F2N4O2. The monoisotopic (exact) mass is 332 g/mol. The molecule has 0 unspecified atom stereocenters. The Balaban J connectivity index is 1.86. The molecule has 3 aromatic rings. The Morgan fingerprint density at radius 1 is 1.29 bits per heavy atom. The van der Waals surface area contributed by atoms with Crippen molar-refractivity contribution in [1.29, 1.82) is 0 Å². The highest BCUT2D eigenvalue weighted by Crippen LogP contribution is 2.39. The second-order valence-corrected chi connectivity index (χ2v) is 5.87. The maximum Gasteiger partial charge on any atom is 0.263 e. The Hall–Kier alpha value is -2.61. The van der Waals surface area contributed by atoms with Gasteiger partial charge in [0.2, 0.25) is 0 Å². The minimum Gasteiger partial charge on any atom is -0.391 e. The van der Waals surface area contributed by atoms with Crippen LogP contribution in [-0.4, -0.2) is 32.9 Å². The molecule has 1 aliphatic heterocycles. The Kier molecular flexibility index (Phi) is 3.42. The van der Waals surface area contributed by atoms with Crippen molar-refractivity contribution in [2.24, 2.45) is 0 Å². The van der Waals surface area contributed by atoms with Crippen molar-refractivity contribution in [3.63, 3.8) is 0 Å². The first-order valence-electron chi connectivity index (χ1n) is 7.51. The molecule has 1 saturated heterocycles. The molecular weight excluding hydrogens is 318 g/mol. The molecule has 1 aliphatic rings. The second kappa shape index (κ2) is 5.48. The van der Waals surface area contributed by atoms with Crippen LogP contribution in [0.15, 0.2) is 29.0 Å². The summed E-state index contributed by atoms with van der Waals surface area (Å²) >= 11 is 0. The minimum absolute atomic E-state index is 0.187. The van der Waals surface area contributed by atoms with E-state index in [2.05, 4.69) is 15.1 Å². The van der Waals surface area contributed by atoms with Crippen LogP contribution in [0.25, 0.3) is 11.1 Å². The molecule has 0 saturated carbocycles. The normalized spacial score (nSPS) is 20.9. The molecule has 8 heteroatoms. The highest BCUT2D eigenvalue weighted by molar-refractivity contribution is 5.88. The first-order valence-corrected chi connectivity index (χ1v) is 7.51. The van der Waals surface area contributed by atoms with Crippen molar-refractivity contribution in [3.05, 3.63) is 47.4 Å². The standard InChI is InChI=1S/C16H14F2N4O2/c1-8-14-15(19-7-20-16(14)24-21-8)22-6-10(23)5-13(22)11-4-9(17)2-3-12(11)18/h2-4,7,10,13,23H,5-6H2,1H3/t10-,13-/m0/s1. The molecule has 6 nitrogen and oxygen atoms in total. The third-order valence-electron chi connectivity index (χ3n) is 4.29. The molecule has 4 rings (SSSR count). The molecule has 1 aromatic carbocycles. The molecule has 124 valence electrons. The average molecular weight is 332 g/mol. The first kappa shape index (κ1) is 14.9. The Morgan fingerprint density at radius 3 is 2.96 bits per heavy atom. The van der Waals surface area contributed by atoms with Crippen molar-refractivity contribution in [2.75, 3.05) is 11.4 Å². The molecule has 3 heterocycles. The van der Waals surface area contributed by atoms with Crippen LogP contribution >= 0.6 is 0 Å². The van der Waals surface area contributed by atoms with Gasteiger partial charge >= 0.3 is 0 Å². The third-order valence-corrected chi connectivity index (χ3v) is 4.29. The van der Waals surface area contributed by atoms with Gasteiger partial charge < -0.3 is 14.5 Å². The summed E-state index contributed by atoms with van der Waals surface area (Å²) in [4.78, 5) is 10.0. The van der Waals surface area contributed by atoms with E-state index in [1.54, 1.807) is 11.8 Å². The van der Waals surface area contributed by atoms with Crippen LogP contribution in [-0.2, 0) is 0 Å². The Morgan fingerprint density at radius 2 is 2.12 bits per heavy atom. The summed E-state index contributed by atoms with van der Waals surface area (Å²) in [7, 11) is 0. The van der Waals surface area contributed by atoms with Gasteiger partial charge in [0.05, 0.1) is 17.8 Å². The molecule has 24 heavy (non-hydrogen) atoms. The number of benzene rings is 1. The fourth-order valence-corrected chi connectivity index (χ4v) is 3.23. The van der Waals surface area contributed by atoms with Gasteiger partial charge in [0, 0.05) is 12.1 Å². The predicted octanol–water partition coefficient (Wildman–Crippen LogP) is 2.52. The van der Waals surface area contributed by atoms with Gasteiger partial charge in [-0.15, -0.1) is 0 Å². The molecule has 0 radical (unpaired) electrons. The van der Waals surface area contributed by atoms with E-state index in [0.29, 0.717) is 22.6 Å².